The lowest BCUT2D eigenvalue weighted by atomic mass is 10.1. The molecule has 2 bridgehead atoms. The van der Waals surface area contributed by atoms with E-state index in [1.807, 2.05) is 40.0 Å². The lowest BCUT2D eigenvalue weighted by Gasteiger charge is -2.27. The molecule has 4 aromatic heterocycles. The van der Waals surface area contributed by atoms with Crippen molar-refractivity contribution < 1.29 is 4.79 Å². The normalized spacial score (nSPS) is 24.4. The standard InChI is InChI=1S/C26H28N6O/c1-15-20-8-7-19(26(33)31-13-18-6-9-21(31)23(18)27)14-32(20)29-24(15)22-11-17-3-2-10-28-25(17)30(22)12-16-4-5-16/h2-3,7-8,10-11,14,16,18,21,23H,4-6,9,12-13,27H2,1H3/t18?,21?,23-/m1/s1. The molecule has 5 heterocycles. The second kappa shape index (κ2) is 6.90. The molecule has 1 saturated heterocycles. The first-order valence-electron chi connectivity index (χ1n) is 12.1. The molecule has 3 aliphatic rings. The lowest BCUT2D eigenvalue weighted by molar-refractivity contribution is 0.0700. The summed E-state index contributed by atoms with van der Waals surface area (Å²) in [5.41, 5.74) is 12.2. The van der Waals surface area contributed by atoms with Crippen molar-refractivity contribution in [2.75, 3.05) is 6.54 Å². The van der Waals surface area contributed by atoms with Gasteiger partial charge in [-0.3, -0.25) is 4.79 Å². The number of likely N-dealkylation sites (tertiary alicyclic amines) is 1. The highest BCUT2D eigenvalue weighted by Crippen LogP contribution is 2.38. The van der Waals surface area contributed by atoms with Crippen molar-refractivity contribution in [2.24, 2.45) is 17.6 Å². The fraction of sp³-hybridized carbons (Fsp3) is 0.423. The zero-order chi connectivity index (χ0) is 22.3. The quantitative estimate of drug-likeness (QED) is 0.525. The summed E-state index contributed by atoms with van der Waals surface area (Å²) in [6.45, 7) is 3.87. The molecule has 2 unspecified atom stereocenters. The number of pyridine rings is 2. The highest BCUT2D eigenvalue weighted by molar-refractivity contribution is 5.95. The van der Waals surface area contributed by atoms with Gasteiger partial charge in [-0.2, -0.15) is 5.10 Å². The largest absolute Gasteiger partial charge is 0.334 e. The van der Waals surface area contributed by atoms with Gasteiger partial charge in [0.1, 0.15) is 11.3 Å². The predicted molar refractivity (Wildman–Crippen MR) is 127 cm³/mol. The number of aryl methyl sites for hydroxylation is 1. The van der Waals surface area contributed by atoms with Crippen molar-refractivity contribution in [3.05, 3.63) is 53.9 Å². The van der Waals surface area contributed by atoms with Gasteiger partial charge in [0.25, 0.3) is 5.91 Å². The summed E-state index contributed by atoms with van der Waals surface area (Å²) in [4.78, 5) is 20.0. The Bertz CT molecular complexity index is 1410. The van der Waals surface area contributed by atoms with Gasteiger partial charge in [-0.25, -0.2) is 9.50 Å². The molecule has 2 N–H and O–H groups in total. The Morgan fingerprint density at radius 1 is 1.18 bits per heavy atom. The highest BCUT2D eigenvalue weighted by atomic mass is 16.2. The molecule has 2 aliphatic carbocycles. The van der Waals surface area contributed by atoms with Gasteiger partial charge in [0, 0.05) is 48.5 Å². The third kappa shape index (κ3) is 2.88. The monoisotopic (exact) mass is 440 g/mol. The Morgan fingerprint density at radius 2 is 2.06 bits per heavy atom. The minimum atomic E-state index is 0.0706. The van der Waals surface area contributed by atoms with Crippen molar-refractivity contribution >= 4 is 22.5 Å². The number of carbonyl (C=O) groups excluding carboxylic acids is 1. The molecule has 4 aromatic rings. The molecule has 2 saturated carbocycles. The molecule has 7 nitrogen and oxygen atoms in total. The summed E-state index contributed by atoms with van der Waals surface area (Å²) < 4.78 is 4.20. The summed E-state index contributed by atoms with van der Waals surface area (Å²) in [6.07, 6.45) is 8.47. The second-order valence-electron chi connectivity index (χ2n) is 10.2. The number of fused-ring (bicyclic) bond motifs is 4. The van der Waals surface area contributed by atoms with Gasteiger partial charge in [0.2, 0.25) is 0 Å². The molecule has 0 radical (unpaired) electrons. The average Bonchev–Trinajstić information content (AvgIpc) is 3.24. The summed E-state index contributed by atoms with van der Waals surface area (Å²) in [7, 11) is 0. The Labute approximate surface area is 192 Å². The van der Waals surface area contributed by atoms with Gasteiger partial charge >= 0.3 is 0 Å². The van der Waals surface area contributed by atoms with Gasteiger partial charge in [-0.15, -0.1) is 0 Å². The fourth-order valence-electron chi connectivity index (χ4n) is 6.02. The zero-order valence-electron chi connectivity index (χ0n) is 18.8. The van der Waals surface area contributed by atoms with E-state index in [2.05, 4.69) is 28.6 Å². The van der Waals surface area contributed by atoms with E-state index in [1.54, 1.807) is 0 Å². The van der Waals surface area contributed by atoms with E-state index in [0.717, 1.165) is 65.4 Å². The number of piperidine rings is 1. The number of hydrogen-bond donors (Lipinski definition) is 1. The van der Waals surface area contributed by atoms with Crippen LogP contribution in [0.15, 0.2) is 42.7 Å². The molecule has 3 atom stereocenters. The molecule has 33 heavy (non-hydrogen) atoms. The van der Waals surface area contributed by atoms with Crippen LogP contribution in [0.1, 0.15) is 41.6 Å². The molecule has 1 amide bonds. The van der Waals surface area contributed by atoms with Crippen LogP contribution in [-0.4, -0.2) is 48.6 Å². The van der Waals surface area contributed by atoms with Crippen molar-refractivity contribution in [1.29, 1.82) is 0 Å². The predicted octanol–water partition coefficient (Wildman–Crippen LogP) is 3.63. The van der Waals surface area contributed by atoms with E-state index in [4.69, 9.17) is 10.8 Å². The summed E-state index contributed by atoms with van der Waals surface area (Å²) in [6, 6.07) is 10.6. The van der Waals surface area contributed by atoms with Crippen LogP contribution in [0.25, 0.3) is 27.9 Å². The maximum absolute atomic E-state index is 13.3. The fourth-order valence-corrected chi connectivity index (χ4v) is 6.02. The molecule has 7 heteroatoms. The van der Waals surface area contributed by atoms with Gasteiger partial charge in [-0.05, 0) is 74.8 Å². The number of aromatic nitrogens is 4. The average molecular weight is 441 g/mol. The minimum Gasteiger partial charge on any atom is -0.334 e. The highest BCUT2D eigenvalue weighted by Gasteiger charge is 2.46. The summed E-state index contributed by atoms with van der Waals surface area (Å²) in [5.74, 6) is 1.25. The third-order valence-corrected chi connectivity index (χ3v) is 8.07. The molecule has 7 rings (SSSR count). The number of hydrogen-bond acceptors (Lipinski definition) is 4. The Morgan fingerprint density at radius 3 is 2.82 bits per heavy atom. The maximum atomic E-state index is 13.3. The van der Waals surface area contributed by atoms with Crippen LogP contribution in [0, 0.1) is 18.8 Å². The van der Waals surface area contributed by atoms with E-state index in [9.17, 15) is 4.79 Å². The van der Waals surface area contributed by atoms with Gasteiger partial charge in [0.05, 0.1) is 16.8 Å². The number of nitrogens with zero attached hydrogens (tertiary/aromatic N) is 5. The molecule has 1 aliphatic heterocycles. The number of carbonyl (C=O) groups is 1. The minimum absolute atomic E-state index is 0.0706. The van der Waals surface area contributed by atoms with Crippen LogP contribution in [0.5, 0.6) is 0 Å². The number of amides is 1. The smallest absolute Gasteiger partial charge is 0.255 e. The van der Waals surface area contributed by atoms with Crippen LogP contribution < -0.4 is 5.73 Å². The first-order valence-corrected chi connectivity index (χ1v) is 12.1. The van der Waals surface area contributed by atoms with Gasteiger partial charge in [-0.1, -0.05) is 0 Å². The van der Waals surface area contributed by atoms with E-state index in [0.29, 0.717) is 11.5 Å². The van der Waals surface area contributed by atoms with E-state index < -0.39 is 0 Å². The van der Waals surface area contributed by atoms with E-state index >= 15 is 0 Å². The number of rotatable bonds is 4. The van der Waals surface area contributed by atoms with Crippen LogP contribution >= 0.6 is 0 Å². The molecule has 168 valence electrons. The molecular weight excluding hydrogens is 412 g/mol. The van der Waals surface area contributed by atoms with Crippen LogP contribution in [0.2, 0.25) is 0 Å². The Balaban J connectivity index is 1.30. The van der Waals surface area contributed by atoms with Crippen molar-refractivity contribution in [1.82, 2.24) is 24.1 Å². The van der Waals surface area contributed by atoms with Crippen molar-refractivity contribution in [3.8, 4) is 11.4 Å². The summed E-state index contributed by atoms with van der Waals surface area (Å²) >= 11 is 0. The lowest BCUT2D eigenvalue weighted by Crippen LogP contribution is -2.41. The first-order chi connectivity index (χ1) is 16.1. The van der Waals surface area contributed by atoms with Crippen molar-refractivity contribution in [3.63, 3.8) is 0 Å². The van der Waals surface area contributed by atoms with E-state index in [1.165, 1.54) is 12.8 Å². The van der Waals surface area contributed by atoms with Gasteiger partial charge in [0.15, 0.2) is 0 Å². The molecule has 0 spiro atoms. The maximum Gasteiger partial charge on any atom is 0.255 e. The number of nitrogens with two attached hydrogens (primary N) is 1. The first kappa shape index (κ1) is 19.3. The zero-order valence-corrected chi connectivity index (χ0v) is 18.8. The SMILES string of the molecule is Cc1c(-c2cc3cccnc3n2CC2CC2)nn2cc(C(=O)N3CC4CCC3[C@@H]4N)ccc12. The molecule has 3 fully saturated rings. The third-order valence-electron chi connectivity index (χ3n) is 8.07. The topological polar surface area (TPSA) is 81.5 Å². The Kier molecular flexibility index (Phi) is 4.04. The van der Waals surface area contributed by atoms with Gasteiger partial charge < -0.3 is 15.2 Å². The molecule has 0 aromatic carbocycles. The van der Waals surface area contributed by atoms with Crippen LogP contribution in [-0.2, 0) is 6.54 Å². The van der Waals surface area contributed by atoms with E-state index in [-0.39, 0.29) is 18.0 Å². The van der Waals surface area contributed by atoms with Crippen molar-refractivity contribution in [2.45, 2.75) is 51.2 Å². The van der Waals surface area contributed by atoms with Crippen LogP contribution in [0.4, 0.5) is 0 Å². The Hall–Kier alpha value is -3.19. The summed E-state index contributed by atoms with van der Waals surface area (Å²) in [5, 5.41) is 6.11. The second-order valence-corrected chi connectivity index (χ2v) is 10.2. The van der Waals surface area contributed by atoms with Crippen LogP contribution in [0.3, 0.4) is 0 Å². The molecular formula is C26H28N6O.